The van der Waals surface area contributed by atoms with Crippen LogP contribution >= 0.6 is 0 Å². The van der Waals surface area contributed by atoms with Gasteiger partial charge in [0.1, 0.15) is 12.9 Å². The van der Waals surface area contributed by atoms with Crippen molar-refractivity contribution in [1.29, 1.82) is 0 Å². The van der Waals surface area contributed by atoms with Gasteiger partial charge in [0.05, 0.1) is 17.9 Å². The molecule has 0 saturated carbocycles. The van der Waals surface area contributed by atoms with Crippen LogP contribution in [0.3, 0.4) is 0 Å². The SMILES string of the molecule is O=C(Nc1cccc2c1OC=C1N=CCN12)OCc1ccccc1. The molecule has 0 bridgehead atoms. The third-order valence-electron chi connectivity index (χ3n) is 3.78. The van der Waals surface area contributed by atoms with Crippen molar-refractivity contribution in [3.63, 3.8) is 0 Å². The van der Waals surface area contributed by atoms with Crippen LogP contribution in [0.15, 0.2) is 65.6 Å². The number of hydrogen-bond acceptors (Lipinski definition) is 5. The van der Waals surface area contributed by atoms with Gasteiger partial charge in [0.25, 0.3) is 0 Å². The van der Waals surface area contributed by atoms with Crippen LogP contribution in [0, 0.1) is 0 Å². The zero-order valence-electron chi connectivity index (χ0n) is 12.8. The van der Waals surface area contributed by atoms with E-state index in [1.165, 1.54) is 0 Å². The topological polar surface area (TPSA) is 63.2 Å². The maximum Gasteiger partial charge on any atom is 0.412 e. The van der Waals surface area contributed by atoms with E-state index in [2.05, 4.69) is 10.3 Å². The van der Waals surface area contributed by atoms with E-state index in [-0.39, 0.29) is 6.61 Å². The number of benzene rings is 2. The van der Waals surface area contributed by atoms with Crippen LogP contribution < -0.4 is 15.0 Å². The average Bonchev–Trinajstić information content (AvgIpc) is 3.10. The van der Waals surface area contributed by atoms with E-state index < -0.39 is 6.09 Å². The minimum atomic E-state index is -0.525. The molecule has 2 aromatic rings. The van der Waals surface area contributed by atoms with Crippen molar-refractivity contribution in [2.75, 3.05) is 16.8 Å². The van der Waals surface area contributed by atoms with Gasteiger partial charge < -0.3 is 14.4 Å². The van der Waals surface area contributed by atoms with Crippen molar-refractivity contribution in [2.24, 2.45) is 4.99 Å². The molecule has 2 heterocycles. The predicted molar refractivity (Wildman–Crippen MR) is 91.2 cm³/mol. The van der Waals surface area contributed by atoms with Crippen molar-refractivity contribution >= 4 is 23.7 Å². The third kappa shape index (κ3) is 2.69. The van der Waals surface area contributed by atoms with Crippen molar-refractivity contribution in [3.05, 3.63) is 66.2 Å². The Kier molecular flexibility index (Phi) is 3.63. The molecule has 24 heavy (non-hydrogen) atoms. The molecule has 0 spiro atoms. The molecule has 0 atom stereocenters. The molecular weight excluding hydrogens is 306 g/mol. The minimum Gasteiger partial charge on any atom is -0.457 e. The molecule has 6 heteroatoms. The number of nitrogens with zero attached hydrogens (tertiary/aromatic N) is 2. The summed E-state index contributed by atoms with van der Waals surface area (Å²) in [5.74, 6) is 1.34. The number of anilines is 2. The second kappa shape index (κ2) is 6.08. The normalized spacial score (nSPS) is 14.3. The lowest BCUT2D eigenvalue weighted by molar-refractivity contribution is 0.155. The number of aliphatic imine (C=N–C) groups is 1. The molecule has 2 aliphatic heterocycles. The molecule has 2 aromatic carbocycles. The molecule has 0 aliphatic carbocycles. The Bertz CT molecular complexity index is 831. The summed E-state index contributed by atoms with van der Waals surface area (Å²) in [5.41, 5.74) is 2.36. The molecule has 1 amide bonds. The van der Waals surface area contributed by atoms with Gasteiger partial charge in [-0.15, -0.1) is 0 Å². The largest absolute Gasteiger partial charge is 0.457 e. The van der Waals surface area contributed by atoms with Crippen LogP contribution in [-0.4, -0.2) is 18.9 Å². The zero-order chi connectivity index (χ0) is 16.4. The Morgan fingerprint density at radius 1 is 1.21 bits per heavy atom. The van der Waals surface area contributed by atoms with E-state index in [1.54, 1.807) is 12.3 Å². The number of fused-ring (bicyclic) bond motifs is 3. The average molecular weight is 321 g/mol. The highest BCUT2D eigenvalue weighted by Crippen LogP contribution is 2.41. The van der Waals surface area contributed by atoms with Gasteiger partial charge in [-0.25, -0.2) is 9.79 Å². The summed E-state index contributed by atoms with van der Waals surface area (Å²) in [6.07, 6.45) is 2.87. The summed E-state index contributed by atoms with van der Waals surface area (Å²) in [5, 5.41) is 2.74. The van der Waals surface area contributed by atoms with Gasteiger partial charge in [0.2, 0.25) is 0 Å². The molecule has 6 nitrogen and oxygen atoms in total. The maximum atomic E-state index is 12.1. The summed E-state index contributed by atoms with van der Waals surface area (Å²) < 4.78 is 10.9. The van der Waals surface area contributed by atoms with E-state index in [4.69, 9.17) is 9.47 Å². The highest BCUT2D eigenvalue weighted by molar-refractivity contribution is 5.91. The second-order valence-corrected chi connectivity index (χ2v) is 5.36. The predicted octanol–water partition coefficient (Wildman–Crippen LogP) is 3.52. The first kappa shape index (κ1) is 14.3. The van der Waals surface area contributed by atoms with Gasteiger partial charge in [-0.05, 0) is 17.7 Å². The van der Waals surface area contributed by atoms with E-state index in [0.29, 0.717) is 18.0 Å². The molecular formula is C18H15N3O3. The van der Waals surface area contributed by atoms with Gasteiger partial charge in [-0.3, -0.25) is 5.32 Å². The zero-order valence-corrected chi connectivity index (χ0v) is 12.8. The Balaban J connectivity index is 1.46. The molecule has 0 radical (unpaired) electrons. The molecule has 120 valence electrons. The first-order chi connectivity index (χ1) is 11.8. The highest BCUT2D eigenvalue weighted by atomic mass is 16.5. The van der Waals surface area contributed by atoms with Gasteiger partial charge in [0, 0.05) is 6.21 Å². The number of amides is 1. The van der Waals surface area contributed by atoms with Crippen LogP contribution in [0.4, 0.5) is 16.2 Å². The molecule has 0 aromatic heterocycles. The summed E-state index contributed by atoms with van der Waals surface area (Å²) in [6, 6.07) is 15.1. The smallest absolute Gasteiger partial charge is 0.412 e. The molecule has 0 unspecified atom stereocenters. The van der Waals surface area contributed by atoms with Crippen molar-refractivity contribution in [1.82, 2.24) is 0 Å². The number of carbonyl (C=O) groups excluding carboxylic acids is 1. The molecule has 4 rings (SSSR count). The van der Waals surface area contributed by atoms with Crippen molar-refractivity contribution in [2.45, 2.75) is 6.61 Å². The van der Waals surface area contributed by atoms with Gasteiger partial charge in [-0.2, -0.15) is 0 Å². The quantitative estimate of drug-likeness (QED) is 0.939. The molecule has 2 aliphatic rings. The van der Waals surface area contributed by atoms with Crippen LogP contribution in [0.5, 0.6) is 5.75 Å². The van der Waals surface area contributed by atoms with Crippen molar-refractivity contribution in [3.8, 4) is 5.75 Å². The van der Waals surface area contributed by atoms with E-state index >= 15 is 0 Å². The fourth-order valence-electron chi connectivity index (χ4n) is 2.64. The fourth-order valence-corrected chi connectivity index (χ4v) is 2.64. The lowest BCUT2D eigenvalue weighted by atomic mass is 10.2. The Morgan fingerprint density at radius 3 is 2.96 bits per heavy atom. The van der Waals surface area contributed by atoms with Crippen LogP contribution in [-0.2, 0) is 11.3 Å². The lowest BCUT2D eigenvalue weighted by Gasteiger charge is -2.26. The monoisotopic (exact) mass is 321 g/mol. The number of hydrogen-bond donors (Lipinski definition) is 1. The minimum absolute atomic E-state index is 0.215. The second-order valence-electron chi connectivity index (χ2n) is 5.36. The number of carbonyl (C=O) groups is 1. The Morgan fingerprint density at radius 2 is 2.08 bits per heavy atom. The first-order valence-electron chi connectivity index (χ1n) is 7.59. The highest BCUT2D eigenvalue weighted by Gasteiger charge is 2.26. The van der Waals surface area contributed by atoms with Crippen LogP contribution in [0.1, 0.15) is 5.56 Å². The van der Waals surface area contributed by atoms with Crippen LogP contribution in [0.25, 0.3) is 0 Å². The maximum absolute atomic E-state index is 12.1. The van der Waals surface area contributed by atoms with E-state index in [0.717, 1.165) is 17.1 Å². The Labute approximate surface area is 139 Å². The third-order valence-corrected chi connectivity index (χ3v) is 3.78. The number of para-hydroxylation sites is 1. The molecule has 1 N–H and O–H groups in total. The summed E-state index contributed by atoms with van der Waals surface area (Å²) in [4.78, 5) is 18.3. The number of nitrogens with one attached hydrogen (secondary N) is 1. The van der Waals surface area contributed by atoms with Gasteiger partial charge in [0.15, 0.2) is 11.6 Å². The van der Waals surface area contributed by atoms with Gasteiger partial charge in [-0.1, -0.05) is 36.4 Å². The van der Waals surface area contributed by atoms with Crippen LogP contribution in [0.2, 0.25) is 0 Å². The van der Waals surface area contributed by atoms with Crippen molar-refractivity contribution < 1.29 is 14.3 Å². The molecule has 0 saturated heterocycles. The summed E-state index contributed by atoms with van der Waals surface area (Å²) in [7, 11) is 0. The lowest BCUT2D eigenvalue weighted by Crippen LogP contribution is -2.23. The summed E-state index contributed by atoms with van der Waals surface area (Å²) in [6.45, 7) is 0.899. The van der Waals surface area contributed by atoms with E-state index in [1.807, 2.05) is 53.6 Å². The first-order valence-corrected chi connectivity index (χ1v) is 7.59. The summed E-state index contributed by atoms with van der Waals surface area (Å²) >= 11 is 0. The van der Waals surface area contributed by atoms with Gasteiger partial charge >= 0.3 is 6.09 Å². The Hall–Kier alpha value is -3.28. The molecule has 0 fully saturated rings. The number of rotatable bonds is 3. The van der Waals surface area contributed by atoms with E-state index in [9.17, 15) is 4.79 Å². The number of ether oxygens (including phenoxy) is 2. The standard InChI is InChI=1S/C18H15N3O3/c22-18(24-11-13-5-2-1-3-6-13)20-14-7-4-8-15-17(14)23-12-16-19-9-10-21(15)16/h1-9,12H,10-11H2,(H,20,22). The fraction of sp³-hybridized carbons (Fsp3) is 0.111.